The second kappa shape index (κ2) is 6.95. The first kappa shape index (κ1) is 12.6. The van der Waals surface area contributed by atoms with Crippen LogP contribution in [0, 0.1) is 5.92 Å². The van der Waals surface area contributed by atoms with Crippen LogP contribution in [0.5, 0.6) is 0 Å². The van der Waals surface area contributed by atoms with Crippen molar-refractivity contribution < 1.29 is 15.3 Å². The van der Waals surface area contributed by atoms with Crippen molar-refractivity contribution in [2.75, 3.05) is 39.5 Å². The quantitative estimate of drug-likeness (QED) is 0.528. The number of aliphatic hydroxyl groups excluding tert-OH is 3. The van der Waals surface area contributed by atoms with Gasteiger partial charge in [0.2, 0.25) is 0 Å². The first-order valence-electron chi connectivity index (χ1n) is 5.54. The monoisotopic (exact) mass is 215 g/mol. The van der Waals surface area contributed by atoms with Crippen molar-refractivity contribution in [3.63, 3.8) is 0 Å². The Hall–Kier alpha value is -0.420. The summed E-state index contributed by atoms with van der Waals surface area (Å²) in [5.41, 5.74) is 1.22. The van der Waals surface area contributed by atoms with Crippen molar-refractivity contribution in [1.29, 1.82) is 0 Å². The lowest BCUT2D eigenvalue weighted by Crippen LogP contribution is -2.37. The molecule has 4 nitrogen and oxygen atoms in total. The van der Waals surface area contributed by atoms with E-state index in [0.717, 1.165) is 19.5 Å². The van der Waals surface area contributed by atoms with Crippen molar-refractivity contribution in [3.8, 4) is 0 Å². The minimum absolute atomic E-state index is 0.165. The van der Waals surface area contributed by atoms with Crippen LogP contribution in [0.4, 0.5) is 0 Å². The van der Waals surface area contributed by atoms with E-state index in [1.54, 1.807) is 0 Å². The van der Waals surface area contributed by atoms with Crippen molar-refractivity contribution in [1.82, 2.24) is 4.90 Å². The summed E-state index contributed by atoms with van der Waals surface area (Å²) in [7, 11) is 0. The molecule has 1 atom stereocenters. The van der Waals surface area contributed by atoms with Gasteiger partial charge in [-0.25, -0.2) is 0 Å². The highest BCUT2D eigenvalue weighted by molar-refractivity contribution is 5.11. The molecule has 15 heavy (non-hydrogen) atoms. The van der Waals surface area contributed by atoms with E-state index in [0.29, 0.717) is 18.9 Å². The highest BCUT2D eigenvalue weighted by atomic mass is 16.3. The van der Waals surface area contributed by atoms with Gasteiger partial charge in [-0.05, 0) is 18.8 Å². The topological polar surface area (TPSA) is 63.9 Å². The Kier molecular flexibility index (Phi) is 5.86. The third-order valence-electron chi connectivity index (χ3n) is 2.74. The Morgan fingerprint density at radius 3 is 2.60 bits per heavy atom. The second-order valence-corrected chi connectivity index (χ2v) is 4.03. The largest absolute Gasteiger partial charge is 0.396 e. The van der Waals surface area contributed by atoms with Crippen LogP contribution in [0.3, 0.4) is 0 Å². The number of rotatable bonds is 6. The van der Waals surface area contributed by atoms with E-state index in [-0.39, 0.29) is 19.8 Å². The Labute approximate surface area is 90.8 Å². The fraction of sp³-hybridized carbons (Fsp3) is 0.818. The molecule has 1 aliphatic rings. The van der Waals surface area contributed by atoms with E-state index in [9.17, 15) is 0 Å². The molecule has 0 aromatic rings. The lowest BCUT2D eigenvalue weighted by molar-refractivity contribution is 0.169. The predicted molar refractivity (Wildman–Crippen MR) is 58.5 cm³/mol. The number of hydrogen-bond donors (Lipinski definition) is 3. The summed E-state index contributed by atoms with van der Waals surface area (Å²) in [5.74, 6) is 0.358. The molecule has 0 aromatic heterocycles. The Morgan fingerprint density at radius 2 is 2.00 bits per heavy atom. The van der Waals surface area contributed by atoms with Gasteiger partial charge in [-0.2, -0.15) is 0 Å². The summed E-state index contributed by atoms with van der Waals surface area (Å²) < 4.78 is 0. The van der Waals surface area contributed by atoms with E-state index in [1.807, 2.05) is 0 Å². The molecule has 1 heterocycles. The van der Waals surface area contributed by atoms with Crippen LogP contribution in [0.15, 0.2) is 11.6 Å². The molecular weight excluding hydrogens is 194 g/mol. The summed E-state index contributed by atoms with van der Waals surface area (Å²) in [6, 6.07) is 0. The Balaban J connectivity index is 2.53. The molecule has 3 N–H and O–H groups in total. The van der Waals surface area contributed by atoms with Crippen LogP contribution in [0.1, 0.15) is 12.8 Å². The third-order valence-corrected chi connectivity index (χ3v) is 2.74. The van der Waals surface area contributed by atoms with Crippen molar-refractivity contribution >= 4 is 0 Å². The number of hydrogen-bond acceptors (Lipinski definition) is 4. The highest BCUT2D eigenvalue weighted by Crippen LogP contribution is 2.19. The molecule has 0 fully saturated rings. The number of β-amino-alcohol motifs (C(OH)–C–C–N with tert-alkyl or cyclic N) is 1. The van der Waals surface area contributed by atoms with Gasteiger partial charge in [0.1, 0.15) is 0 Å². The minimum atomic E-state index is 0.165. The van der Waals surface area contributed by atoms with Crippen LogP contribution in [-0.2, 0) is 0 Å². The van der Waals surface area contributed by atoms with Gasteiger partial charge in [-0.1, -0.05) is 11.6 Å². The first-order valence-corrected chi connectivity index (χ1v) is 5.54. The molecule has 1 unspecified atom stereocenters. The standard InChI is InChI=1S/C11H21NO3/c13-4-1-10-7-11(2-5-14)9-12(8-10)3-6-15/h7,10,13-15H,1-6,8-9H2. The van der Waals surface area contributed by atoms with Crippen LogP contribution < -0.4 is 0 Å². The van der Waals surface area contributed by atoms with E-state index < -0.39 is 0 Å². The molecule has 0 bridgehead atoms. The summed E-state index contributed by atoms with van der Waals surface area (Å²) in [6.07, 6.45) is 3.63. The molecule has 0 radical (unpaired) electrons. The molecule has 0 aliphatic carbocycles. The molecular formula is C11H21NO3. The van der Waals surface area contributed by atoms with Crippen LogP contribution in [0.25, 0.3) is 0 Å². The van der Waals surface area contributed by atoms with Gasteiger partial charge < -0.3 is 15.3 Å². The number of aliphatic hydroxyl groups is 3. The summed E-state index contributed by atoms with van der Waals surface area (Å²) in [6.45, 7) is 2.94. The lowest BCUT2D eigenvalue weighted by atomic mass is 9.95. The molecule has 88 valence electrons. The lowest BCUT2D eigenvalue weighted by Gasteiger charge is -2.31. The summed E-state index contributed by atoms with van der Waals surface area (Å²) >= 11 is 0. The van der Waals surface area contributed by atoms with Gasteiger partial charge in [0, 0.05) is 32.8 Å². The molecule has 0 amide bonds. The van der Waals surface area contributed by atoms with Crippen LogP contribution in [0.2, 0.25) is 0 Å². The van der Waals surface area contributed by atoms with E-state index in [4.69, 9.17) is 15.3 Å². The molecule has 1 rings (SSSR count). The fourth-order valence-corrected chi connectivity index (χ4v) is 2.08. The van der Waals surface area contributed by atoms with E-state index in [1.165, 1.54) is 5.57 Å². The normalized spacial score (nSPS) is 22.9. The van der Waals surface area contributed by atoms with Gasteiger partial charge in [-0.15, -0.1) is 0 Å². The zero-order valence-electron chi connectivity index (χ0n) is 9.10. The van der Waals surface area contributed by atoms with E-state index in [2.05, 4.69) is 11.0 Å². The summed E-state index contributed by atoms with van der Waals surface area (Å²) in [5, 5.41) is 26.7. The first-order chi connectivity index (χ1) is 7.30. The zero-order valence-corrected chi connectivity index (χ0v) is 9.10. The van der Waals surface area contributed by atoms with Crippen molar-refractivity contribution in [3.05, 3.63) is 11.6 Å². The predicted octanol–water partition coefficient (Wildman–Crippen LogP) is -0.398. The third kappa shape index (κ3) is 4.30. The molecule has 0 saturated carbocycles. The van der Waals surface area contributed by atoms with E-state index >= 15 is 0 Å². The number of nitrogens with zero attached hydrogens (tertiary/aromatic N) is 1. The summed E-state index contributed by atoms with van der Waals surface area (Å²) in [4.78, 5) is 2.17. The Bertz CT molecular complexity index is 206. The average Bonchev–Trinajstić information content (AvgIpc) is 2.19. The van der Waals surface area contributed by atoms with Gasteiger partial charge in [0.05, 0.1) is 6.61 Å². The van der Waals surface area contributed by atoms with Gasteiger partial charge in [0.25, 0.3) is 0 Å². The highest BCUT2D eigenvalue weighted by Gasteiger charge is 2.18. The van der Waals surface area contributed by atoms with Crippen molar-refractivity contribution in [2.24, 2.45) is 5.92 Å². The molecule has 0 saturated heterocycles. The zero-order chi connectivity index (χ0) is 11.1. The van der Waals surface area contributed by atoms with Crippen LogP contribution >= 0.6 is 0 Å². The fourth-order valence-electron chi connectivity index (χ4n) is 2.08. The second-order valence-electron chi connectivity index (χ2n) is 4.03. The van der Waals surface area contributed by atoms with Gasteiger partial charge in [0.15, 0.2) is 0 Å². The molecule has 4 heteroatoms. The van der Waals surface area contributed by atoms with Gasteiger partial charge in [-0.3, -0.25) is 4.90 Å². The Morgan fingerprint density at radius 1 is 1.20 bits per heavy atom. The van der Waals surface area contributed by atoms with Gasteiger partial charge >= 0.3 is 0 Å². The molecule has 1 aliphatic heterocycles. The smallest absolute Gasteiger partial charge is 0.0558 e. The molecule has 0 aromatic carbocycles. The maximum atomic E-state index is 8.90. The average molecular weight is 215 g/mol. The van der Waals surface area contributed by atoms with Crippen LogP contribution in [-0.4, -0.2) is 59.7 Å². The van der Waals surface area contributed by atoms with Crippen molar-refractivity contribution in [2.45, 2.75) is 12.8 Å². The SMILES string of the molecule is OCCC1=CC(CCO)CN(CCO)C1. The maximum absolute atomic E-state index is 8.90. The minimum Gasteiger partial charge on any atom is -0.396 e. The maximum Gasteiger partial charge on any atom is 0.0558 e. The molecule has 0 spiro atoms.